The van der Waals surface area contributed by atoms with E-state index in [2.05, 4.69) is 0 Å². The van der Waals surface area contributed by atoms with Crippen molar-refractivity contribution in [2.24, 2.45) is 0 Å². The molecule has 0 aromatic heterocycles. The van der Waals surface area contributed by atoms with Crippen molar-refractivity contribution < 1.29 is 28.1 Å². The molecule has 0 bridgehead atoms. The third-order valence-electron chi connectivity index (χ3n) is 2.61. The molecule has 0 spiro atoms. The van der Waals surface area contributed by atoms with Gasteiger partial charge in [-0.15, -0.1) is 0 Å². The molecule has 114 valence electrons. The molecule has 7 heteroatoms. The van der Waals surface area contributed by atoms with E-state index >= 15 is 0 Å². The van der Waals surface area contributed by atoms with Gasteiger partial charge in [0.05, 0.1) is 27.7 Å². The van der Waals surface area contributed by atoms with Crippen molar-refractivity contribution in [3.63, 3.8) is 0 Å². The minimum Gasteiger partial charge on any atom is -0.380 e. The SMILES string of the molecule is COCc1cccc(C(C[N+](C)(C)C)OP(=O)(O)O)c1. The Balaban J connectivity index is 3.03. The Bertz CT molecular complexity index is 480. The number of hydrogen-bond acceptors (Lipinski definition) is 3. The molecule has 2 N–H and O–H groups in total. The lowest BCUT2D eigenvalue weighted by Crippen LogP contribution is -2.38. The molecule has 0 amide bonds. The highest BCUT2D eigenvalue weighted by atomic mass is 31.2. The van der Waals surface area contributed by atoms with Crippen LogP contribution in [0.15, 0.2) is 24.3 Å². The van der Waals surface area contributed by atoms with Gasteiger partial charge >= 0.3 is 7.82 Å². The van der Waals surface area contributed by atoms with Crippen molar-refractivity contribution in [2.75, 3.05) is 34.8 Å². The van der Waals surface area contributed by atoms with Crippen LogP contribution < -0.4 is 0 Å². The van der Waals surface area contributed by atoms with Crippen molar-refractivity contribution in [2.45, 2.75) is 12.7 Å². The van der Waals surface area contributed by atoms with E-state index in [1.807, 2.05) is 39.3 Å². The third kappa shape index (κ3) is 6.61. The number of quaternary nitrogens is 1. The zero-order valence-electron chi connectivity index (χ0n) is 12.3. The number of hydrogen-bond donors (Lipinski definition) is 2. The largest absolute Gasteiger partial charge is 0.470 e. The van der Waals surface area contributed by atoms with Gasteiger partial charge in [-0.3, -0.25) is 4.52 Å². The summed E-state index contributed by atoms with van der Waals surface area (Å²) >= 11 is 0. The Labute approximate surface area is 119 Å². The van der Waals surface area contributed by atoms with Crippen LogP contribution in [0.4, 0.5) is 0 Å². The molecule has 1 aromatic rings. The van der Waals surface area contributed by atoms with Crippen molar-refractivity contribution in [3.05, 3.63) is 35.4 Å². The monoisotopic (exact) mass is 304 g/mol. The van der Waals surface area contributed by atoms with Crippen LogP contribution >= 0.6 is 7.82 Å². The number of phosphoric ester groups is 1. The van der Waals surface area contributed by atoms with E-state index in [-0.39, 0.29) is 0 Å². The van der Waals surface area contributed by atoms with E-state index in [0.29, 0.717) is 17.6 Å². The maximum absolute atomic E-state index is 11.2. The van der Waals surface area contributed by atoms with Gasteiger partial charge in [0.25, 0.3) is 0 Å². The number of likely N-dealkylation sites (N-methyl/N-ethyl adjacent to an activating group) is 1. The lowest BCUT2D eigenvalue weighted by Gasteiger charge is -2.29. The van der Waals surface area contributed by atoms with Gasteiger partial charge in [-0.1, -0.05) is 24.3 Å². The van der Waals surface area contributed by atoms with Crippen LogP contribution in [-0.2, 0) is 20.4 Å². The van der Waals surface area contributed by atoms with Gasteiger partial charge in [0.1, 0.15) is 12.6 Å². The molecular weight excluding hydrogens is 281 g/mol. The highest BCUT2D eigenvalue weighted by molar-refractivity contribution is 7.46. The first-order valence-electron chi connectivity index (χ1n) is 6.23. The Morgan fingerprint density at radius 2 is 1.95 bits per heavy atom. The highest BCUT2D eigenvalue weighted by Crippen LogP contribution is 2.42. The average Bonchev–Trinajstić information content (AvgIpc) is 2.25. The number of nitrogens with zero attached hydrogens (tertiary/aromatic N) is 1. The third-order valence-corrected chi connectivity index (χ3v) is 3.14. The van der Waals surface area contributed by atoms with E-state index in [4.69, 9.17) is 19.0 Å². The predicted octanol–water partition coefficient (Wildman–Crippen LogP) is 1.69. The normalized spacial score (nSPS) is 14.3. The first-order valence-corrected chi connectivity index (χ1v) is 7.76. The summed E-state index contributed by atoms with van der Waals surface area (Å²) in [5.41, 5.74) is 1.67. The Morgan fingerprint density at radius 1 is 1.30 bits per heavy atom. The first-order chi connectivity index (χ1) is 9.11. The van der Waals surface area contributed by atoms with Crippen LogP contribution in [-0.4, -0.2) is 49.1 Å². The van der Waals surface area contributed by atoms with E-state index < -0.39 is 13.9 Å². The molecule has 0 saturated heterocycles. The summed E-state index contributed by atoms with van der Waals surface area (Å²) in [6, 6.07) is 7.37. The van der Waals surface area contributed by atoms with Gasteiger partial charge in [-0.2, -0.15) is 0 Å². The Morgan fingerprint density at radius 3 is 2.45 bits per heavy atom. The number of benzene rings is 1. The molecule has 0 heterocycles. The van der Waals surface area contributed by atoms with Crippen LogP contribution in [0.1, 0.15) is 17.2 Å². The second-order valence-corrected chi connectivity index (χ2v) is 6.93. The number of rotatable bonds is 7. The maximum Gasteiger partial charge on any atom is 0.470 e. The summed E-state index contributed by atoms with van der Waals surface area (Å²) in [5.74, 6) is 0. The van der Waals surface area contributed by atoms with Crippen LogP contribution in [0, 0.1) is 0 Å². The minimum absolute atomic E-state index is 0.445. The quantitative estimate of drug-likeness (QED) is 0.592. The molecule has 0 aliphatic heterocycles. The number of ether oxygens (including phenoxy) is 1. The van der Waals surface area contributed by atoms with Crippen LogP contribution in [0.2, 0.25) is 0 Å². The van der Waals surface area contributed by atoms with Crippen molar-refractivity contribution in [1.82, 2.24) is 0 Å². The standard InChI is InChI=1S/C13H22NO5P/c1-14(2,3)9-13(19-20(15,16)17)12-7-5-6-11(8-12)10-18-4/h5-8,13H,9-10H2,1-4H3,(H-,15,16,17)/p+1. The number of methoxy groups -OCH3 is 1. The average molecular weight is 304 g/mol. The molecule has 1 aromatic carbocycles. The first kappa shape index (κ1) is 17.3. The van der Waals surface area contributed by atoms with E-state index in [0.717, 1.165) is 11.1 Å². The zero-order chi connectivity index (χ0) is 15.4. The Hall–Kier alpha value is -0.750. The molecule has 0 aliphatic carbocycles. The summed E-state index contributed by atoms with van der Waals surface area (Å²) in [6.07, 6.45) is -0.673. The molecule has 20 heavy (non-hydrogen) atoms. The van der Waals surface area contributed by atoms with E-state index in [1.54, 1.807) is 13.2 Å². The van der Waals surface area contributed by atoms with Crippen molar-refractivity contribution >= 4 is 7.82 Å². The molecule has 1 unspecified atom stereocenters. The van der Waals surface area contributed by atoms with Crippen LogP contribution in [0.25, 0.3) is 0 Å². The lowest BCUT2D eigenvalue weighted by atomic mass is 10.1. The molecule has 1 atom stereocenters. The molecular formula is C13H23NO5P+. The summed E-state index contributed by atoms with van der Waals surface area (Å²) in [5, 5.41) is 0. The van der Waals surface area contributed by atoms with E-state index in [1.165, 1.54) is 0 Å². The van der Waals surface area contributed by atoms with Gasteiger partial charge in [-0.25, -0.2) is 4.57 Å². The fraction of sp³-hybridized carbons (Fsp3) is 0.538. The molecule has 1 rings (SSSR count). The summed E-state index contributed by atoms with van der Waals surface area (Å²) in [6.45, 7) is 0.891. The minimum atomic E-state index is -4.55. The summed E-state index contributed by atoms with van der Waals surface area (Å²) < 4.78 is 21.7. The Kier molecular flexibility index (Phi) is 5.89. The fourth-order valence-electron chi connectivity index (χ4n) is 1.91. The molecule has 0 fully saturated rings. The summed E-state index contributed by atoms with van der Waals surface area (Å²) in [7, 11) is 2.87. The van der Waals surface area contributed by atoms with Crippen molar-refractivity contribution in [3.8, 4) is 0 Å². The second-order valence-electron chi connectivity index (χ2n) is 5.74. The van der Waals surface area contributed by atoms with Gasteiger partial charge < -0.3 is 19.0 Å². The van der Waals surface area contributed by atoms with Gasteiger partial charge in [-0.05, 0) is 11.1 Å². The van der Waals surface area contributed by atoms with Crippen LogP contribution in [0.3, 0.4) is 0 Å². The van der Waals surface area contributed by atoms with Gasteiger partial charge in [0, 0.05) is 7.11 Å². The zero-order valence-corrected chi connectivity index (χ0v) is 13.2. The van der Waals surface area contributed by atoms with Crippen LogP contribution in [0.5, 0.6) is 0 Å². The number of phosphoric acid groups is 1. The predicted molar refractivity (Wildman–Crippen MR) is 75.9 cm³/mol. The topological polar surface area (TPSA) is 76.0 Å². The smallest absolute Gasteiger partial charge is 0.380 e. The van der Waals surface area contributed by atoms with E-state index in [9.17, 15) is 4.57 Å². The summed E-state index contributed by atoms with van der Waals surface area (Å²) in [4.78, 5) is 18.2. The molecule has 0 radical (unpaired) electrons. The molecule has 6 nitrogen and oxygen atoms in total. The maximum atomic E-state index is 11.2. The second kappa shape index (κ2) is 6.80. The highest BCUT2D eigenvalue weighted by Gasteiger charge is 2.28. The fourth-order valence-corrected chi connectivity index (χ4v) is 2.43. The molecule has 0 saturated carbocycles. The lowest BCUT2D eigenvalue weighted by molar-refractivity contribution is -0.874. The van der Waals surface area contributed by atoms with Crippen molar-refractivity contribution in [1.29, 1.82) is 0 Å². The van der Waals surface area contributed by atoms with Gasteiger partial charge in [0.15, 0.2) is 0 Å². The van der Waals surface area contributed by atoms with Gasteiger partial charge in [0.2, 0.25) is 0 Å². The molecule has 0 aliphatic rings.